The molecule has 0 saturated heterocycles. The molecule has 28 heavy (non-hydrogen) atoms. The topological polar surface area (TPSA) is 71.1 Å². The second kappa shape index (κ2) is 7.56. The first-order valence-electron chi connectivity index (χ1n) is 9.26. The largest absolute Gasteiger partial charge is 0.349 e. The summed E-state index contributed by atoms with van der Waals surface area (Å²) in [5.74, 6) is -0.277. The van der Waals surface area contributed by atoms with Crippen LogP contribution in [0.1, 0.15) is 39.9 Å². The van der Waals surface area contributed by atoms with Crippen LogP contribution >= 0.6 is 11.3 Å². The first-order chi connectivity index (χ1) is 13.5. The number of nitrogens with one attached hydrogen (secondary N) is 2. The van der Waals surface area contributed by atoms with Crippen molar-refractivity contribution in [3.63, 3.8) is 0 Å². The minimum Gasteiger partial charge on any atom is -0.349 e. The van der Waals surface area contributed by atoms with E-state index in [-0.39, 0.29) is 11.8 Å². The van der Waals surface area contributed by atoms with Crippen LogP contribution in [0.15, 0.2) is 42.5 Å². The van der Waals surface area contributed by atoms with E-state index in [2.05, 4.69) is 27.8 Å². The van der Waals surface area contributed by atoms with Crippen molar-refractivity contribution in [2.45, 2.75) is 32.7 Å². The highest BCUT2D eigenvalue weighted by atomic mass is 32.1. The Bertz CT molecular complexity index is 1080. The van der Waals surface area contributed by atoms with Crippen LogP contribution in [0.4, 0.5) is 5.13 Å². The summed E-state index contributed by atoms with van der Waals surface area (Å²) in [7, 11) is 0. The van der Waals surface area contributed by atoms with Crippen molar-refractivity contribution in [3.8, 4) is 0 Å². The van der Waals surface area contributed by atoms with Crippen LogP contribution in [-0.4, -0.2) is 22.8 Å². The number of rotatable bonds is 5. The van der Waals surface area contributed by atoms with Crippen molar-refractivity contribution in [1.29, 1.82) is 0 Å². The molecule has 1 aliphatic carbocycles. The molecule has 4 rings (SSSR count). The van der Waals surface area contributed by atoms with E-state index in [9.17, 15) is 9.59 Å². The lowest BCUT2D eigenvalue weighted by atomic mass is 10.1. The van der Waals surface area contributed by atoms with Gasteiger partial charge >= 0.3 is 0 Å². The average Bonchev–Trinajstić information content (AvgIpc) is 3.38. The summed E-state index contributed by atoms with van der Waals surface area (Å²) < 4.78 is 1.07. The highest BCUT2D eigenvalue weighted by Gasteiger charge is 2.23. The number of aromatic nitrogens is 1. The number of anilines is 1. The Morgan fingerprint density at radius 3 is 2.61 bits per heavy atom. The quantitative estimate of drug-likeness (QED) is 0.631. The van der Waals surface area contributed by atoms with Crippen molar-refractivity contribution in [2.24, 2.45) is 0 Å². The molecule has 1 aromatic heterocycles. The average molecular weight is 391 g/mol. The fourth-order valence-electron chi connectivity index (χ4n) is 2.99. The molecular weight excluding hydrogens is 370 g/mol. The van der Waals surface area contributed by atoms with E-state index in [1.54, 1.807) is 18.2 Å². The number of nitrogens with zero attached hydrogens (tertiary/aromatic N) is 1. The zero-order chi connectivity index (χ0) is 19.7. The Morgan fingerprint density at radius 1 is 1.14 bits per heavy atom. The zero-order valence-electron chi connectivity index (χ0n) is 15.8. The second-order valence-corrected chi connectivity index (χ2v) is 8.17. The Hall–Kier alpha value is -2.99. The molecule has 1 fully saturated rings. The summed E-state index contributed by atoms with van der Waals surface area (Å²) in [6.45, 7) is 4.07. The summed E-state index contributed by atoms with van der Waals surface area (Å²) in [6.07, 6.45) is 5.33. The van der Waals surface area contributed by atoms with E-state index in [4.69, 9.17) is 0 Å². The van der Waals surface area contributed by atoms with Gasteiger partial charge in [-0.3, -0.25) is 14.9 Å². The molecule has 2 amide bonds. The van der Waals surface area contributed by atoms with Gasteiger partial charge < -0.3 is 5.32 Å². The van der Waals surface area contributed by atoms with Crippen LogP contribution in [0.2, 0.25) is 0 Å². The Morgan fingerprint density at radius 2 is 1.89 bits per heavy atom. The van der Waals surface area contributed by atoms with Crippen molar-refractivity contribution < 1.29 is 9.59 Å². The summed E-state index contributed by atoms with van der Waals surface area (Å²) in [5.41, 5.74) is 4.70. The first kappa shape index (κ1) is 18.4. The molecule has 0 aliphatic heterocycles. The summed E-state index contributed by atoms with van der Waals surface area (Å²) >= 11 is 1.47. The predicted octanol–water partition coefficient (Wildman–Crippen LogP) is 4.46. The lowest BCUT2D eigenvalue weighted by Gasteiger charge is -2.03. The van der Waals surface area contributed by atoms with E-state index in [0.29, 0.717) is 16.7 Å². The first-order valence-corrected chi connectivity index (χ1v) is 10.1. The fraction of sp³-hybridized carbons (Fsp3) is 0.227. The van der Waals surface area contributed by atoms with E-state index >= 15 is 0 Å². The summed E-state index contributed by atoms with van der Waals surface area (Å²) in [5, 5.41) is 6.37. The number of amides is 2. The van der Waals surface area contributed by atoms with E-state index in [1.807, 2.05) is 26.0 Å². The SMILES string of the molecule is Cc1cc(C)c2nc(NC(=O)/C=C/c3ccc(C(=O)NC4CC4)cc3)sc2c1. The number of hydrogen-bond donors (Lipinski definition) is 2. The maximum atomic E-state index is 12.2. The van der Waals surface area contributed by atoms with Crippen LogP contribution in [0.5, 0.6) is 0 Å². The minimum absolute atomic E-state index is 0.0443. The zero-order valence-corrected chi connectivity index (χ0v) is 16.6. The molecule has 0 radical (unpaired) electrons. The molecule has 1 saturated carbocycles. The van der Waals surface area contributed by atoms with Crippen LogP contribution in [0, 0.1) is 13.8 Å². The van der Waals surface area contributed by atoms with Gasteiger partial charge in [0.2, 0.25) is 5.91 Å². The van der Waals surface area contributed by atoms with Crippen LogP contribution in [-0.2, 0) is 4.79 Å². The van der Waals surface area contributed by atoms with Gasteiger partial charge in [0, 0.05) is 17.7 Å². The molecule has 5 nitrogen and oxygen atoms in total. The smallest absolute Gasteiger partial charge is 0.251 e. The van der Waals surface area contributed by atoms with Gasteiger partial charge in [0.1, 0.15) is 0 Å². The van der Waals surface area contributed by atoms with Crippen LogP contribution in [0.3, 0.4) is 0 Å². The molecule has 2 aromatic carbocycles. The fourth-order valence-corrected chi connectivity index (χ4v) is 4.03. The molecule has 0 atom stereocenters. The highest BCUT2D eigenvalue weighted by molar-refractivity contribution is 7.22. The van der Waals surface area contributed by atoms with Gasteiger partial charge in [0.25, 0.3) is 5.91 Å². The van der Waals surface area contributed by atoms with Crippen molar-refractivity contribution >= 4 is 44.6 Å². The minimum atomic E-state index is -0.232. The van der Waals surface area contributed by atoms with Gasteiger partial charge in [0.05, 0.1) is 10.2 Å². The standard InChI is InChI=1S/C22H21N3O2S/c1-13-11-14(2)20-18(12-13)28-22(25-20)24-19(26)10-5-15-3-6-16(7-4-15)21(27)23-17-8-9-17/h3-7,10-12,17H,8-9H2,1-2H3,(H,23,27)(H,24,25,26)/b10-5+. The van der Waals surface area contributed by atoms with Crippen molar-refractivity contribution in [3.05, 3.63) is 64.7 Å². The second-order valence-electron chi connectivity index (χ2n) is 7.14. The lowest BCUT2D eigenvalue weighted by molar-refractivity contribution is -0.111. The van der Waals surface area contributed by atoms with Gasteiger partial charge in [-0.05, 0) is 67.7 Å². The summed E-state index contributed by atoms with van der Waals surface area (Å²) in [6, 6.07) is 11.7. The maximum absolute atomic E-state index is 12.2. The number of thiazole rings is 1. The van der Waals surface area contributed by atoms with Gasteiger partial charge in [-0.2, -0.15) is 0 Å². The van der Waals surface area contributed by atoms with E-state index < -0.39 is 0 Å². The number of hydrogen-bond acceptors (Lipinski definition) is 4. The van der Waals surface area contributed by atoms with Gasteiger partial charge in [-0.25, -0.2) is 4.98 Å². The highest BCUT2D eigenvalue weighted by Crippen LogP contribution is 2.29. The molecular formula is C22H21N3O2S. The molecule has 3 aromatic rings. The summed E-state index contributed by atoms with van der Waals surface area (Å²) in [4.78, 5) is 28.7. The van der Waals surface area contributed by atoms with Crippen molar-refractivity contribution in [2.75, 3.05) is 5.32 Å². The number of carbonyl (C=O) groups is 2. The normalized spacial score (nSPS) is 13.8. The molecule has 0 bridgehead atoms. The van der Waals surface area contributed by atoms with Crippen LogP contribution in [0.25, 0.3) is 16.3 Å². The third-order valence-corrected chi connectivity index (χ3v) is 5.49. The third kappa shape index (κ3) is 4.28. The molecule has 142 valence electrons. The Labute approximate surface area is 167 Å². The molecule has 2 N–H and O–H groups in total. The van der Waals surface area contributed by atoms with E-state index in [0.717, 1.165) is 34.2 Å². The van der Waals surface area contributed by atoms with E-state index in [1.165, 1.54) is 23.0 Å². The van der Waals surface area contributed by atoms with Gasteiger partial charge in [0.15, 0.2) is 5.13 Å². The number of aryl methyl sites for hydroxylation is 2. The van der Waals surface area contributed by atoms with Gasteiger partial charge in [-0.1, -0.05) is 29.5 Å². The van der Waals surface area contributed by atoms with Crippen LogP contribution < -0.4 is 10.6 Å². The molecule has 6 heteroatoms. The molecule has 0 spiro atoms. The predicted molar refractivity (Wildman–Crippen MR) is 114 cm³/mol. The monoisotopic (exact) mass is 391 g/mol. The molecule has 1 aliphatic rings. The number of carbonyl (C=O) groups excluding carboxylic acids is 2. The molecule has 0 unspecified atom stereocenters. The number of benzene rings is 2. The lowest BCUT2D eigenvalue weighted by Crippen LogP contribution is -2.25. The molecule has 1 heterocycles. The van der Waals surface area contributed by atoms with Gasteiger partial charge in [-0.15, -0.1) is 0 Å². The third-order valence-electron chi connectivity index (χ3n) is 4.57. The van der Waals surface area contributed by atoms with Crippen molar-refractivity contribution in [1.82, 2.24) is 10.3 Å². The maximum Gasteiger partial charge on any atom is 0.251 e. The number of fused-ring (bicyclic) bond motifs is 1. The Balaban J connectivity index is 1.39. The Kier molecular flexibility index (Phi) is 4.96.